The van der Waals surface area contributed by atoms with Crippen LogP contribution in [0.4, 0.5) is 5.69 Å². The third kappa shape index (κ3) is 6.11. The SMILES string of the molecule is COc1cc(/C=C(/C#N)C(=O)Nc2ccc(C)c(C)c2)ccc1OCc1ccc(I)cc1. The number of benzene rings is 3. The zero-order chi connectivity index (χ0) is 23.1. The third-order valence-electron chi connectivity index (χ3n) is 4.94. The molecule has 3 rings (SSSR count). The molecular formula is C26H23IN2O3. The second kappa shape index (κ2) is 10.8. The van der Waals surface area contributed by atoms with Gasteiger partial charge in [0.05, 0.1) is 7.11 Å². The monoisotopic (exact) mass is 538 g/mol. The lowest BCUT2D eigenvalue weighted by atomic mass is 10.1. The number of aryl methyl sites for hydroxylation is 2. The molecule has 32 heavy (non-hydrogen) atoms. The van der Waals surface area contributed by atoms with E-state index in [1.807, 2.05) is 62.4 Å². The summed E-state index contributed by atoms with van der Waals surface area (Å²) in [5.41, 5.74) is 4.56. The average molecular weight is 538 g/mol. The Balaban J connectivity index is 1.75. The van der Waals surface area contributed by atoms with E-state index >= 15 is 0 Å². The molecule has 162 valence electrons. The molecule has 3 aromatic carbocycles. The van der Waals surface area contributed by atoms with Crippen LogP contribution in [-0.4, -0.2) is 13.0 Å². The Morgan fingerprint density at radius 2 is 1.78 bits per heavy atom. The molecule has 6 heteroatoms. The molecule has 0 aliphatic heterocycles. The summed E-state index contributed by atoms with van der Waals surface area (Å²) in [6.45, 7) is 4.38. The van der Waals surface area contributed by atoms with E-state index in [2.05, 4.69) is 27.9 Å². The number of nitrogens with one attached hydrogen (secondary N) is 1. The van der Waals surface area contributed by atoms with E-state index in [9.17, 15) is 10.1 Å². The molecule has 1 N–H and O–H groups in total. The van der Waals surface area contributed by atoms with Crippen molar-refractivity contribution in [2.45, 2.75) is 20.5 Å². The van der Waals surface area contributed by atoms with Crippen LogP contribution in [0.1, 0.15) is 22.3 Å². The fraction of sp³-hybridized carbons (Fsp3) is 0.154. The van der Waals surface area contributed by atoms with Crippen LogP contribution >= 0.6 is 22.6 Å². The van der Waals surface area contributed by atoms with Crippen LogP contribution in [0.3, 0.4) is 0 Å². The Morgan fingerprint density at radius 3 is 2.44 bits per heavy atom. The lowest BCUT2D eigenvalue weighted by molar-refractivity contribution is -0.112. The maximum absolute atomic E-state index is 12.6. The summed E-state index contributed by atoms with van der Waals surface area (Å²) in [4.78, 5) is 12.6. The number of carbonyl (C=O) groups excluding carboxylic acids is 1. The van der Waals surface area contributed by atoms with Gasteiger partial charge in [-0.05, 0) is 101 Å². The molecule has 5 nitrogen and oxygen atoms in total. The molecular weight excluding hydrogens is 515 g/mol. The first-order valence-corrected chi connectivity index (χ1v) is 11.0. The topological polar surface area (TPSA) is 71.3 Å². The van der Waals surface area contributed by atoms with E-state index < -0.39 is 5.91 Å². The van der Waals surface area contributed by atoms with Crippen LogP contribution in [0.2, 0.25) is 0 Å². The normalized spacial score (nSPS) is 10.9. The Labute approximate surface area is 201 Å². The first-order chi connectivity index (χ1) is 15.4. The number of anilines is 1. The molecule has 0 fully saturated rings. The Hall–Kier alpha value is -3.31. The number of amides is 1. The number of carbonyl (C=O) groups is 1. The average Bonchev–Trinajstić information content (AvgIpc) is 2.79. The Bertz CT molecular complexity index is 1190. The summed E-state index contributed by atoms with van der Waals surface area (Å²) < 4.78 is 12.5. The van der Waals surface area contributed by atoms with Gasteiger partial charge >= 0.3 is 0 Å². The van der Waals surface area contributed by atoms with Gasteiger partial charge in [-0.1, -0.05) is 24.3 Å². The fourth-order valence-electron chi connectivity index (χ4n) is 2.97. The smallest absolute Gasteiger partial charge is 0.266 e. The summed E-state index contributed by atoms with van der Waals surface area (Å²) in [5.74, 6) is 0.645. The highest BCUT2D eigenvalue weighted by atomic mass is 127. The number of nitrogens with zero attached hydrogens (tertiary/aromatic N) is 1. The molecule has 0 aliphatic rings. The molecule has 0 atom stereocenters. The van der Waals surface area contributed by atoms with Gasteiger partial charge in [0, 0.05) is 9.26 Å². The van der Waals surface area contributed by atoms with E-state index in [-0.39, 0.29) is 5.57 Å². The highest BCUT2D eigenvalue weighted by Gasteiger charge is 2.12. The van der Waals surface area contributed by atoms with Gasteiger partial charge in [0.2, 0.25) is 0 Å². The van der Waals surface area contributed by atoms with Gasteiger partial charge in [-0.2, -0.15) is 5.26 Å². The number of hydrogen-bond donors (Lipinski definition) is 1. The van der Waals surface area contributed by atoms with Crippen molar-refractivity contribution in [3.05, 3.63) is 92.1 Å². The molecule has 3 aromatic rings. The lowest BCUT2D eigenvalue weighted by Crippen LogP contribution is -2.13. The Morgan fingerprint density at radius 1 is 1.03 bits per heavy atom. The zero-order valence-corrected chi connectivity index (χ0v) is 20.3. The van der Waals surface area contributed by atoms with Crippen LogP contribution in [0.25, 0.3) is 6.08 Å². The minimum absolute atomic E-state index is 0.00200. The first-order valence-electron chi connectivity index (χ1n) is 9.95. The van der Waals surface area contributed by atoms with Crippen LogP contribution in [0, 0.1) is 28.7 Å². The van der Waals surface area contributed by atoms with Gasteiger partial charge in [-0.25, -0.2) is 0 Å². The predicted molar refractivity (Wildman–Crippen MR) is 135 cm³/mol. The lowest BCUT2D eigenvalue weighted by Gasteiger charge is -2.12. The minimum atomic E-state index is -0.464. The van der Waals surface area contributed by atoms with E-state index in [1.165, 1.54) is 6.08 Å². The van der Waals surface area contributed by atoms with Crippen LogP contribution in [0.15, 0.2) is 66.2 Å². The maximum atomic E-state index is 12.6. The van der Waals surface area contributed by atoms with Gasteiger partial charge in [-0.3, -0.25) is 4.79 Å². The number of nitriles is 1. The molecule has 0 spiro atoms. The van der Waals surface area contributed by atoms with Gasteiger partial charge < -0.3 is 14.8 Å². The van der Waals surface area contributed by atoms with Gasteiger partial charge in [0.15, 0.2) is 11.5 Å². The summed E-state index contributed by atoms with van der Waals surface area (Å²) >= 11 is 2.26. The predicted octanol–water partition coefficient (Wildman–Crippen LogP) is 6.04. The summed E-state index contributed by atoms with van der Waals surface area (Å²) in [5, 5.41) is 12.3. The zero-order valence-electron chi connectivity index (χ0n) is 18.1. The van der Waals surface area contributed by atoms with Gasteiger partial charge in [-0.15, -0.1) is 0 Å². The number of ether oxygens (including phenoxy) is 2. The van der Waals surface area contributed by atoms with E-state index in [4.69, 9.17) is 9.47 Å². The molecule has 0 aromatic heterocycles. The van der Waals surface area contributed by atoms with Crippen molar-refractivity contribution in [2.75, 3.05) is 12.4 Å². The molecule has 0 unspecified atom stereocenters. The van der Waals surface area contributed by atoms with E-state index in [1.54, 1.807) is 25.3 Å². The first kappa shape index (κ1) is 23.4. The van der Waals surface area contributed by atoms with Crippen molar-refractivity contribution >= 4 is 40.3 Å². The molecule has 0 bridgehead atoms. The van der Waals surface area contributed by atoms with E-state index in [0.717, 1.165) is 20.3 Å². The van der Waals surface area contributed by atoms with Crippen molar-refractivity contribution in [1.29, 1.82) is 5.26 Å². The molecule has 0 radical (unpaired) electrons. The summed E-state index contributed by atoms with van der Waals surface area (Å²) in [6.07, 6.45) is 1.53. The van der Waals surface area contributed by atoms with Crippen molar-refractivity contribution in [3.63, 3.8) is 0 Å². The fourth-order valence-corrected chi connectivity index (χ4v) is 3.33. The molecule has 1 amide bonds. The quantitative estimate of drug-likeness (QED) is 0.226. The number of halogens is 1. The molecule has 0 heterocycles. The van der Waals surface area contributed by atoms with Crippen molar-refractivity contribution < 1.29 is 14.3 Å². The van der Waals surface area contributed by atoms with Crippen molar-refractivity contribution in [2.24, 2.45) is 0 Å². The van der Waals surface area contributed by atoms with Gasteiger partial charge in [0.1, 0.15) is 18.2 Å². The van der Waals surface area contributed by atoms with Crippen LogP contribution in [0.5, 0.6) is 11.5 Å². The maximum Gasteiger partial charge on any atom is 0.266 e. The Kier molecular flexibility index (Phi) is 7.90. The molecule has 0 aliphatic carbocycles. The largest absolute Gasteiger partial charge is 0.493 e. The number of hydrogen-bond acceptors (Lipinski definition) is 4. The third-order valence-corrected chi connectivity index (χ3v) is 5.66. The van der Waals surface area contributed by atoms with Gasteiger partial charge in [0.25, 0.3) is 5.91 Å². The second-order valence-electron chi connectivity index (χ2n) is 7.25. The van der Waals surface area contributed by atoms with Crippen molar-refractivity contribution in [3.8, 4) is 17.6 Å². The highest BCUT2D eigenvalue weighted by molar-refractivity contribution is 14.1. The van der Waals surface area contributed by atoms with Crippen LogP contribution in [-0.2, 0) is 11.4 Å². The highest BCUT2D eigenvalue weighted by Crippen LogP contribution is 2.30. The van der Waals surface area contributed by atoms with Crippen molar-refractivity contribution in [1.82, 2.24) is 0 Å². The standard InChI is InChI=1S/C26H23IN2O3/c1-17-4-10-23(12-18(17)2)29-26(30)21(15-28)13-20-7-11-24(25(14-20)31-3)32-16-19-5-8-22(27)9-6-19/h4-14H,16H2,1-3H3,(H,29,30)/b21-13-. The molecule has 0 saturated carbocycles. The number of methoxy groups -OCH3 is 1. The van der Waals surface area contributed by atoms with E-state index in [0.29, 0.717) is 29.4 Å². The number of rotatable bonds is 7. The summed E-state index contributed by atoms with van der Waals surface area (Å²) in [6, 6.07) is 21.0. The second-order valence-corrected chi connectivity index (χ2v) is 8.49. The van der Waals surface area contributed by atoms with Crippen LogP contribution < -0.4 is 14.8 Å². The minimum Gasteiger partial charge on any atom is -0.493 e. The summed E-state index contributed by atoms with van der Waals surface area (Å²) in [7, 11) is 1.55. The molecule has 0 saturated heterocycles.